The molecule has 2 atom stereocenters. The van der Waals surface area contributed by atoms with E-state index in [1.807, 2.05) is 6.08 Å². The van der Waals surface area contributed by atoms with Gasteiger partial charge in [-0.25, -0.2) is 0 Å². The minimum Gasteiger partial charge on any atom is -0.315 e. The first kappa shape index (κ1) is 17.7. The lowest BCUT2D eigenvalue weighted by Crippen LogP contribution is -2.59. The highest BCUT2D eigenvalue weighted by atomic mass is 15.2. The van der Waals surface area contributed by atoms with Gasteiger partial charge in [0.1, 0.15) is 0 Å². The van der Waals surface area contributed by atoms with E-state index < -0.39 is 0 Å². The van der Waals surface area contributed by atoms with Crippen LogP contribution in [-0.2, 0) is 0 Å². The molecule has 0 radical (unpaired) electrons. The lowest BCUT2D eigenvalue weighted by atomic mass is 9.83. The van der Waals surface area contributed by atoms with Gasteiger partial charge in [0.25, 0.3) is 0 Å². The number of hydrogen-bond donors (Lipinski definition) is 1. The zero-order valence-electron chi connectivity index (χ0n) is 14.1. The average Bonchev–Trinajstić information content (AvgIpc) is 2.51. The van der Waals surface area contributed by atoms with Crippen molar-refractivity contribution >= 4 is 0 Å². The first-order chi connectivity index (χ1) is 9.69. The van der Waals surface area contributed by atoms with E-state index in [1.54, 1.807) is 0 Å². The number of hydrogen-bond acceptors (Lipinski definition) is 2. The Balaban J connectivity index is 2.51. The summed E-state index contributed by atoms with van der Waals surface area (Å²) in [6.45, 7) is 11.2. The summed E-state index contributed by atoms with van der Waals surface area (Å²) in [4.78, 5) is 2.75. The van der Waals surface area contributed by atoms with E-state index >= 15 is 0 Å². The topological polar surface area (TPSA) is 15.3 Å². The lowest BCUT2D eigenvalue weighted by Gasteiger charge is -2.48. The van der Waals surface area contributed by atoms with Crippen molar-refractivity contribution in [2.24, 2.45) is 0 Å². The Labute approximate surface area is 127 Å². The second-order valence-corrected chi connectivity index (χ2v) is 6.53. The van der Waals surface area contributed by atoms with Crippen LogP contribution in [-0.4, -0.2) is 36.6 Å². The van der Waals surface area contributed by atoms with Gasteiger partial charge in [-0.2, -0.15) is 0 Å². The molecular formula is C18H36N2. The van der Waals surface area contributed by atoms with Crippen LogP contribution in [0.2, 0.25) is 0 Å². The van der Waals surface area contributed by atoms with Crippen LogP contribution in [0.15, 0.2) is 12.7 Å². The van der Waals surface area contributed by atoms with Crippen molar-refractivity contribution in [1.29, 1.82) is 0 Å². The van der Waals surface area contributed by atoms with Crippen LogP contribution >= 0.6 is 0 Å². The van der Waals surface area contributed by atoms with Gasteiger partial charge >= 0.3 is 0 Å². The molecule has 0 aromatic carbocycles. The highest BCUT2D eigenvalue weighted by molar-refractivity contribution is 4.96. The molecule has 2 nitrogen and oxygen atoms in total. The van der Waals surface area contributed by atoms with Crippen LogP contribution in [0, 0.1) is 0 Å². The van der Waals surface area contributed by atoms with Crippen LogP contribution in [0.25, 0.3) is 0 Å². The molecule has 1 fully saturated rings. The van der Waals surface area contributed by atoms with E-state index in [4.69, 9.17) is 0 Å². The zero-order chi connectivity index (χ0) is 14.8. The van der Waals surface area contributed by atoms with Gasteiger partial charge in [-0.15, -0.1) is 6.58 Å². The Morgan fingerprint density at radius 1 is 1.20 bits per heavy atom. The number of piperidine rings is 1. The maximum absolute atomic E-state index is 3.80. The summed E-state index contributed by atoms with van der Waals surface area (Å²) < 4.78 is 0. The predicted molar refractivity (Wildman–Crippen MR) is 90.2 cm³/mol. The first-order valence-electron chi connectivity index (χ1n) is 8.72. The number of rotatable bonds is 10. The van der Waals surface area contributed by atoms with Gasteiger partial charge in [0.2, 0.25) is 0 Å². The van der Waals surface area contributed by atoms with E-state index in [-0.39, 0.29) is 0 Å². The molecule has 20 heavy (non-hydrogen) atoms. The fourth-order valence-electron chi connectivity index (χ4n) is 3.68. The minimum atomic E-state index is 0.327. The van der Waals surface area contributed by atoms with Crippen molar-refractivity contribution in [2.45, 2.75) is 83.2 Å². The monoisotopic (exact) mass is 280 g/mol. The third-order valence-electron chi connectivity index (χ3n) is 5.29. The van der Waals surface area contributed by atoms with E-state index in [9.17, 15) is 0 Å². The van der Waals surface area contributed by atoms with Crippen LogP contribution in [0.5, 0.6) is 0 Å². The number of unbranched alkanes of at least 4 members (excludes halogenated alkanes) is 3. The zero-order valence-corrected chi connectivity index (χ0v) is 14.1. The lowest BCUT2D eigenvalue weighted by molar-refractivity contribution is 0.0418. The quantitative estimate of drug-likeness (QED) is 0.472. The molecule has 118 valence electrons. The molecular weight excluding hydrogens is 244 g/mol. The molecule has 0 aromatic rings. The summed E-state index contributed by atoms with van der Waals surface area (Å²) in [6.07, 6.45) is 13.9. The molecule has 0 spiro atoms. The Bertz CT molecular complexity index is 258. The van der Waals surface area contributed by atoms with Crippen molar-refractivity contribution in [3.63, 3.8) is 0 Å². The van der Waals surface area contributed by atoms with Crippen molar-refractivity contribution in [3.05, 3.63) is 12.7 Å². The summed E-state index contributed by atoms with van der Waals surface area (Å²) in [6, 6.07) is 0.620. The molecule has 2 heteroatoms. The predicted octanol–water partition coefficient (Wildman–Crippen LogP) is 4.37. The molecule has 1 aliphatic heterocycles. The van der Waals surface area contributed by atoms with Crippen molar-refractivity contribution in [2.75, 3.05) is 20.1 Å². The largest absolute Gasteiger partial charge is 0.315 e. The van der Waals surface area contributed by atoms with Gasteiger partial charge in [0.05, 0.1) is 0 Å². The van der Waals surface area contributed by atoms with E-state index in [2.05, 4.69) is 37.7 Å². The Morgan fingerprint density at radius 3 is 2.45 bits per heavy atom. The number of likely N-dealkylation sites (tertiary alicyclic amines) is 1. The van der Waals surface area contributed by atoms with Gasteiger partial charge in [-0.1, -0.05) is 32.3 Å². The normalized spacial score (nSPS) is 21.4. The summed E-state index contributed by atoms with van der Waals surface area (Å²) in [7, 11) is 2.15. The number of allylic oxidation sites excluding steroid dienone is 1. The van der Waals surface area contributed by atoms with Gasteiger partial charge in [0.15, 0.2) is 0 Å². The third kappa shape index (κ3) is 4.89. The molecule has 0 saturated carbocycles. The fourth-order valence-corrected chi connectivity index (χ4v) is 3.68. The number of likely N-dealkylation sites (N-methyl/N-ethyl adjacent to an activating group) is 1. The molecule has 0 aromatic heterocycles. The molecule has 1 rings (SSSR count). The number of nitrogens with zero attached hydrogens (tertiary/aromatic N) is 1. The van der Waals surface area contributed by atoms with Gasteiger partial charge < -0.3 is 5.32 Å². The van der Waals surface area contributed by atoms with Crippen molar-refractivity contribution < 1.29 is 0 Å². The van der Waals surface area contributed by atoms with Crippen LogP contribution < -0.4 is 5.32 Å². The Hall–Kier alpha value is -0.340. The Morgan fingerprint density at radius 2 is 1.90 bits per heavy atom. The molecule has 2 unspecified atom stereocenters. The highest BCUT2D eigenvalue weighted by Crippen LogP contribution is 2.29. The smallest absolute Gasteiger partial charge is 0.0331 e. The van der Waals surface area contributed by atoms with Crippen LogP contribution in [0.1, 0.15) is 71.6 Å². The van der Waals surface area contributed by atoms with Gasteiger partial charge in [0, 0.05) is 11.6 Å². The Kier molecular flexibility index (Phi) is 8.47. The summed E-state index contributed by atoms with van der Waals surface area (Å²) in [5, 5.41) is 3.62. The summed E-state index contributed by atoms with van der Waals surface area (Å²) in [5.41, 5.74) is 0.327. The van der Waals surface area contributed by atoms with Gasteiger partial charge in [-0.05, 0) is 65.6 Å². The SMILES string of the molecule is C=CCCCCCC(NC)C(C)(CC)N1CCCCC1. The second-order valence-electron chi connectivity index (χ2n) is 6.53. The summed E-state index contributed by atoms with van der Waals surface area (Å²) >= 11 is 0. The standard InChI is InChI=1S/C18H36N2/c1-5-7-8-9-11-14-17(19-4)18(3,6-2)20-15-12-10-13-16-20/h5,17,19H,1,6-16H2,2-4H3. The molecule has 1 saturated heterocycles. The van der Waals surface area contributed by atoms with E-state index in [0.29, 0.717) is 11.6 Å². The molecule has 0 amide bonds. The first-order valence-corrected chi connectivity index (χ1v) is 8.72. The summed E-state index contributed by atoms with van der Waals surface area (Å²) in [5.74, 6) is 0. The fraction of sp³-hybridized carbons (Fsp3) is 0.889. The van der Waals surface area contributed by atoms with Crippen LogP contribution in [0.4, 0.5) is 0 Å². The van der Waals surface area contributed by atoms with Gasteiger partial charge in [-0.3, -0.25) is 4.90 Å². The van der Waals surface area contributed by atoms with Crippen LogP contribution in [0.3, 0.4) is 0 Å². The maximum Gasteiger partial charge on any atom is 0.0331 e. The molecule has 1 heterocycles. The average molecular weight is 280 g/mol. The highest BCUT2D eigenvalue weighted by Gasteiger charge is 2.37. The third-order valence-corrected chi connectivity index (χ3v) is 5.29. The molecule has 0 aliphatic carbocycles. The molecule has 0 bridgehead atoms. The number of nitrogens with one attached hydrogen (secondary N) is 1. The maximum atomic E-state index is 3.80. The van der Waals surface area contributed by atoms with E-state index in [1.165, 1.54) is 70.9 Å². The van der Waals surface area contributed by atoms with E-state index in [0.717, 1.165) is 0 Å². The van der Waals surface area contributed by atoms with Crippen molar-refractivity contribution in [1.82, 2.24) is 10.2 Å². The second kappa shape index (κ2) is 9.57. The molecule has 1 aliphatic rings. The van der Waals surface area contributed by atoms with Crippen molar-refractivity contribution in [3.8, 4) is 0 Å². The minimum absolute atomic E-state index is 0.327. The molecule has 1 N–H and O–H groups in total.